The maximum Gasteiger partial charge on any atom is 0.156 e. The molecule has 1 atom stereocenters. The predicted molar refractivity (Wildman–Crippen MR) is 80.7 cm³/mol. The van der Waals surface area contributed by atoms with E-state index in [1.807, 2.05) is 43.1 Å². The standard InChI is InChI=1S/C14H13Cl2N3O/c1-9(10-4-3-5-11(15)6-10)19(2)14-12(7-20)13(16)17-8-18-14/h3-9H,1-2H3. The van der Waals surface area contributed by atoms with Gasteiger partial charge in [-0.3, -0.25) is 4.79 Å². The molecule has 1 aromatic heterocycles. The van der Waals surface area contributed by atoms with Crippen LogP contribution in [0.4, 0.5) is 5.82 Å². The lowest BCUT2D eigenvalue weighted by atomic mass is 10.1. The second-order valence-electron chi connectivity index (χ2n) is 4.36. The molecule has 0 radical (unpaired) electrons. The Kier molecular flexibility index (Phi) is 4.57. The van der Waals surface area contributed by atoms with E-state index in [9.17, 15) is 4.79 Å². The van der Waals surface area contributed by atoms with Gasteiger partial charge in [0.25, 0.3) is 0 Å². The average molecular weight is 310 g/mol. The molecule has 104 valence electrons. The number of benzene rings is 1. The Hall–Kier alpha value is -1.65. The summed E-state index contributed by atoms with van der Waals surface area (Å²) >= 11 is 11.9. The first-order valence-corrected chi connectivity index (χ1v) is 6.74. The number of carbonyl (C=O) groups excluding carboxylic acids is 1. The Balaban J connectivity index is 2.38. The Morgan fingerprint density at radius 3 is 2.70 bits per heavy atom. The summed E-state index contributed by atoms with van der Waals surface area (Å²) in [7, 11) is 1.84. The molecule has 1 unspecified atom stereocenters. The highest BCUT2D eigenvalue weighted by Gasteiger charge is 2.19. The van der Waals surface area contributed by atoms with Gasteiger partial charge in [-0.1, -0.05) is 35.3 Å². The van der Waals surface area contributed by atoms with Crippen LogP contribution < -0.4 is 4.90 Å². The van der Waals surface area contributed by atoms with Crippen molar-refractivity contribution in [2.45, 2.75) is 13.0 Å². The fourth-order valence-electron chi connectivity index (χ4n) is 1.92. The number of halogens is 2. The van der Waals surface area contributed by atoms with Crippen molar-refractivity contribution in [3.8, 4) is 0 Å². The van der Waals surface area contributed by atoms with Crippen molar-refractivity contribution < 1.29 is 4.79 Å². The number of hydrogen-bond donors (Lipinski definition) is 0. The molecule has 0 aliphatic rings. The van der Waals surface area contributed by atoms with E-state index < -0.39 is 0 Å². The topological polar surface area (TPSA) is 46.1 Å². The maximum atomic E-state index is 11.2. The number of aldehydes is 1. The molecule has 0 spiro atoms. The van der Waals surface area contributed by atoms with Gasteiger partial charge in [0, 0.05) is 12.1 Å². The van der Waals surface area contributed by atoms with E-state index >= 15 is 0 Å². The van der Waals surface area contributed by atoms with Crippen molar-refractivity contribution in [2.24, 2.45) is 0 Å². The van der Waals surface area contributed by atoms with Gasteiger partial charge in [0.15, 0.2) is 6.29 Å². The molecule has 4 nitrogen and oxygen atoms in total. The van der Waals surface area contributed by atoms with Gasteiger partial charge in [0.2, 0.25) is 0 Å². The Bertz CT molecular complexity index is 634. The minimum absolute atomic E-state index is 0.0154. The van der Waals surface area contributed by atoms with Crippen LogP contribution in [-0.2, 0) is 0 Å². The molecule has 2 rings (SSSR count). The summed E-state index contributed by atoms with van der Waals surface area (Å²) in [6.45, 7) is 2.00. The monoisotopic (exact) mass is 309 g/mol. The molecular formula is C14H13Cl2N3O. The van der Waals surface area contributed by atoms with Crippen LogP contribution in [0.2, 0.25) is 10.2 Å². The van der Waals surface area contributed by atoms with Gasteiger partial charge in [-0.2, -0.15) is 0 Å². The lowest BCUT2D eigenvalue weighted by Gasteiger charge is -2.27. The zero-order chi connectivity index (χ0) is 14.7. The Morgan fingerprint density at radius 2 is 2.05 bits per heavy atom. The van der Waals surface area contributed by atoms with Crippen LogP contribution in [0.1, 0.15) is 28.9 Å². The van der Waals surface area contributed by atoms with Crippen molar-refractivity contribution in [3.05, 3.63) is 51.9 Å². The van der Waals surface area contributed by atoms with Crippen molar-refractivity contribution in [1.29, 1.82) is 0 Å². The van der Waals surface area contributed by atoms with Crippen LogP contribution in [0.15, 0.2) is 30.6 Å². The second-order valence-corrected chi connectivity index (χ2v) is 5.16. The average Bonchev–Trinajstić information content (AvgIpc) is 2.45. The SMILES string of the molecule is CC(c1cccc(Cl)c1)N(C)c1ncnc(Cl)c1C=O. The molecule has 20 heavy (non-hydrogen) atoms. The highest BCUT2D eigenvalue weighted by atomic mass is 35.5. The molecule has 0 fully saturated rings. The first-order valence-electron chi connectivity index (χ1n) is 5.98. The number of anilines is 1. The van der Waals surface area contributed by atoms with Crippen LogP contribution in [-0.4, -0.2) is 23.3 Å². The first kappa shape index (κ1) is 14.8. The summed E-state index contributed by atoms with van der Waals surface area (Å²) in [5.41, 5.74) is 1.30. The highest BCUT2D eigenvalue weighted by molar-refractivity contribution is 6.32. The number of rotatable bonds is 4. The first-order chi connectivity index (χ1) is 9.54. The molecule has 0 bridgehead atoms. The summed E-state index contributed by atoms with van der Waals surface area (Å²) in [4.78, 5) is 21.0. The van der Waals surface area contributed by atoms with E-state index in [0.717, 1.165) is 5.56 Å². The molecule has 1 aromatic carbocycles. The van der Waals surface area contributed by atoms with E-state index in [1.165, 1.54) is 6.33 Å². The molecule has 6 heteroatoms. The van der Waals surface area contributed by atoms with Crippen molar-refractivity contribution in [1.82, 2.24) is 9.97 Å². The van der Waals surface area contributed by atoms with Crippen LogP contribution in [0, 0.1) is 0 Å². The molecule has 0 saturated heterocycles. The molecule has 0 N–H and O–H groups in total. The molecule has 0 aliphatic heterocycles. The summed E-state index contributed by atoms with van der Waals surface area (Å²) in [6, 6.07) is 7.53. The fraction of sp³-hybridized carbons (Fsp3) is 0.214. The summed E-state index contributed by atoms with van der Waals surface area (Å²) in [5.74, 6) is 0.493. The molecule has 1 heterocycles. The fourth-order valence-corrected chi connectivity index (χ4v) is 2.29. The summed E-state index contributed by atoms with van der Waals surface area (Å²) in [6.07, 6.45) is 2.00. The van der Waals surface area contributed by atoms with Gasteiger partial charge >= 0.3 is 0 Å². The van der Waals surface area contributed by atoms with E-state index in [0.29, 0.717) is 17.1 Å². The van der Waals surface area contributed by atoms with Gasteiger partial charge < -0.3 is 4.90 Å². The predicted octanol–water partition coefficient (Wildman–Crippen LogP) is 3.79. The smallest absolute Gasteiger partial charge is 0.156 e. The van der Waals surface area contributed by atoms with Crippen molar-refractivity contribution in [2.75, 3.05) is 11.9 Å². The quantitative estimate of drug-likeness (QED) is 0.636. The zero-order valence-electron chi connectivity index (χ0n) is 11.0. The van der Waals surface area contributed by atoms with Crippen LogP contribution >= 0.6 is 23.2 Å². The normalized spacial score (nSPS) is 12.0. The molecule has 0 saturated carbocycles. The van der Waals surface area contributed by atoms with E-state index in [4.69, 9.17) is 23.2 Å². The number of carbonyl (C=O) groups is 1. The van der Waals surface area contributed by atoms with E-state index in [2.05, 4.69) is 9.97 Å². The maximum absolute atomic E-state index is 11.2. The minimum atomic E-state index is -0.0154. The van der Waals surface area contributed by atoms with Gasteiger partial charge in [-0.15, -0.1) is 0 Å². The largest absolute Gasteiger partial charge is 0.352 e. The van der Waals surface area contributed by atoms with Crippen molar-refractivity contribution in [3.63, 3.8) is 0 Å². The second kappa shape index (κ2) is 6.20. The minimum Gasteiger partial charge on any atom is -0.352 e. The summed E-state index contributed by atoms with van der Waals surface area (Å²) in [5, 5.41) is 0.814. The van der Waals surface area contributed by atoms with E-state index in [-0.39, 0.29) is 16.8 Å². The van der Waals surface area contributed by atoms with Crippen LogP contribution in [0.25, 0.3) is 0 Å². The zero-order valence-corrected chi connectivity index (χ0v) is 12.6. The number of nitrogens with zero attached hydrogens (tertiary/aromatic N) is 3. The lowest BCUT2D eigenvalue weighted by molar-refractivity contribution is 0.112. The van der Waals surface area contributed by atoms with Crippen LogP contribution in [0.3, 0.4) is 0 Å². The number of aromatic nitrogens is 2. The van der Waals surface area contributed by atoms with Crippen LogP contribution in [0.5, 0.6) is 0 Å². The Labute approximate surface area is 127 Å². The Morgan fingerprint density at radius 1 is 1.30 bits per heavy atom. The molecule has 0 amide bonds. The third-order valence-electron chi connectivity index (χ3n) is 3.18. The van der Waals surface area contributed by atoms with E-state index in [1.54, 1.807) is 0 Å². The van der Waals surface area contributed by atoms with Gasteiger partial charge in [0.1, 0.15) is 17.3 Å². The molecule has 0 aliphatic carbocycles. The van der Waals surface area contributed by atoms with Crippen molar-refractivity contribution >= 4 is 35.3 Å². The molecular weight excluding hydrogens is 297 g/mol. The third kappa shape index (κ3) is 2.92. The number of hydrogen-bond acceptors (Lipinski definition) is 4. The van der Waals surface area contributed by atoms with Gasteiger partial charge in [-0.25, -0.2) is 9.97 Å². The lowest BCUT2D eigenvalue weighted by Crippen LogP contribution is -2.24. The van der Waals surface area contributed by atoms with Gasteiger partial charge in [0.05, 0.1) is 11.6 Å². The summed E-state index contributed by atoms with van der Waals surface area (Å²) < 4.78 is 0. The van der Waals surface area contributed by atoms with Gasteiger partial charge in [-0.05, 0) is 24.6 Å². The molecule has 2 aromatic rings. The highest BCUT2D eigenvalue weighted by Crippen LogP contribution is 2.29. The third-order valence-corrected chi connectivity index (χ3v) is 3.71.